The maximum absolute atomic E-state index is 5.22. The molecule has 0 atom stereocenters. The van der Waals surface area contributed by atoms with Crippen LogP contribution in [0, 0.1) is 11.3 Å². The van der Waals surface area contributed by atoms with Gasteiger partial charge in [-0.1, -0.05) is 0 Å². The maximum Gasteiger partial charge on any atom is 0.0569 e. The van der Waals surface area contributed by atoms with Gasteiger partial charge in [-0.25, -0.2) is 0 Å². The highest BCUT2D eigenvalue weighted by Gasteiger charge is 2.49. The topological polar surface area (TPSA) is 12.5 Å². The van der Waals surface area contributed by atoms with E-state index in [1.54, 1.807) is 0 Å². The van der Waals surface area contributed by atoms with Crippen molar-refractivity contribution in [3.8, 4) is 0 Å². The molecule has 0 bridgehead atoms. The Morgan fingerprint density at radius 2 is 2.00 bits per heavy atom. The van der Waals surface area contributed by atoms with Crippen molar-refractivity contribution in [1.29, 1.82) is 0 Å². The second-order valence-corrected chi connectivity index (χ2v) is 4.61. The van der Waals surface area contributed by atoms with E-state index in [1.807, 2.05) is 0 Å². The highest BCUT2D eigenvalue weighted by molar-refractivity contribution is 5.00. The highest BCUT2D eigenvalue weighted by atomic mass is 16.5. The van der Waals surface area contributed by atoms with Crippen LogP contribution in [0.2, 0.25) is 0 Å². The lowest BCUT2D eigenvalue weighted by atomic mass is 9.78. The molecule has 0 aromatic heterocycles. The fraction of sp³-hybridized carbons (Fsp3) is 1.00. The zero-order chi connectivity index (χ0) is 7.31. The monoisotopic (exact) mass is 153 g/mol. The van der Waals surface area contributed by atoms with E-state index in [4.69, 9.17) is 4.74 Å². The molecule has 0 aromatic rings. The van der Waals surface area contributed by atoms with Gasteiger partial charge in [-0.05, 0) is 18.8 Å². The summed E-state index contributed by atoms with van der Waals surface area (Å²) in [5, 5.41) is 0. The first-order valence-corrected chi connectivity index (χ1v) is 4.66. The largest absolute Gasteiger partial charge is 0.380 e. The molecule has 0 radical (unpaired) electrons. The van der Waals surface area contributed by atoms with Crippen molar-refractivity contribution >= 4 is 0 Å². The molecule has 2 nitrogen and oxygen atoms in total. The van der Waals surface area contributed by atoms with Crippen molar-refractivity contribution in [1.82, 2.24) is 4.90 Å². The minimum absolute atomic E-state index is 0.634. The standard InChI is InChI=1S/C9H15NO/c1-2-8(1)3-10-4-9(5-10)6-11-7-9/h8H,1-7H2. The fourth-order valence-electron chi connectivity index (χ4n) is 2.27. The van der Waals surface area contributed by atoms with Gasteiger partial charge in [0.05, 0.1) is 13.2 Å². The lowest BCUT2D eigenvalue weighted by Crippen LogP contribution is -2.66. The molecule has 2 heterocycles. The molecule has 1 saturated carbocycles. The van der Waals surface area contributed by atoms with E-state index in [1.165, 1.54) is 32.5 Å². The SMILES string of the molecule is C1CC1CN1CC2(COC2)C1. The Bertz CT molecular complexity index is 164. The van der Waals surface area contributed by atoms with Crippen LogP contribution in [0.5, 0.6) is 0 Å². The average molecular weight is 153 g/mol. The van der Waals surface area contributed by atoms with Crippen molar-refractivity contribution < 1.29 is 4.74 Å². The molecule has 0 unspecified atom stereocenters. The first kappa shape index (κ1) is 6.44. The Kier molecular flexibility index (Phi) is 1.16. The summed E-state index contributed by atoms with van der Waals surface area (Å²) in [4.78, 5) is 2.60. The van der Waals surface area contributed by atoms with E-state index in [-0.39, 0.29) is 0 Å². The van der Waals surface area contributed by atoms with Crippen LogP contribution < -0.4 is 0 Å². The molecule has 0 amide bonds. The van der Waals surface area contributed by atoms with Crippen LogP contribution in [0.4, 0.5) is 0 Å². The summed E-state index contributed by atoms with van der Waals surface area (Å²) >= 11 is 0. The quantitative estimate of drug-likeness (QED) is 0.580. The van der Waals surface area contributed by atoms with Crippen LogP contribution >= 0.6 is 0 Å². The van der Waals surface area contributed by atoms with Gasteiger partial charge < -0.3 is 9.64 Å². The van der Waals surface area contributed by atoms with Crippen LogP contribution in [-0.2, 0) is 4.74 Å². The number of nitrogens with zero attached hydrogens (tertiary/aromatic N) is 1. The van der Waals surface area contributed by atoms with Crippen molar-refractivity contribution in [3.63, 3.8) is 0 Å². The number of rotatable bonds is 2. The molecule has 3 aliphatic rings. The van der Waals surface area contributed by atoms with E-state index in [0.717, 1.165) is 19.1 Å². The first-order valence-electron chi connectivity index (χ1n) is 4.66. The number of hydrogen-bond donors (Lipinski definition) is 0. The van der Waals surface area contributed by atoms with E-state index in [2.05, 4.69) is 4.90 Å². The fourth-order valence-corrected chi connectivity index (χ4v) is 2.27. The van der Waals surface area contributed by atoms with Gasteiger partial charge in [0.1, 0.15) is 0 Å². The molecule has 0 N–H and O–H groups in total. The number of hydrogen-bond acceptors (Lipinski definition) is 2. The third kappa shape index (κ3) is 1.00. The van der Waals surface area contributed by atoms with E-state index in [0.29, 0.717) is 5.41 Å². The smallest absolute Gasteiger partial charge is 0.0569 e. The Morgan fingerprint density at radius 3 is 2.45 bits per heavy atom. The molecule has 1 aliphatic carbocycles. The highest BCUT2D eigenvalue weighted by Crippen LogP contribution is 2.40. The Balaban J connectivity index is 1.47. The normalized spacial score (nSPS) is 34.9. The average Bonchev–Trinajstić information content (AvgIpc) is 2.54. The number of likely N-dealkylation sites (tertiary alicyclic amines) is 1. The van der Waals surface area contributed by atoms with Gasteiger partial charge >= 0.3 is 0 Å². The Morgan fingerprint density at radius 1 is 1.27 bits per heavy atom. The van der Waals surface area contributed by atoms with Gasteiger partial charge in [0, 0.05) is 25.0 Å². The molecule has 3 fully saturated rings. The van der Waals surface area contributed by atoms with Gasteiger partial charge in [-0.15, -0.1) is 0 Å². The first-order chi connectivity index (χ1) is 5.36. The van der Waals surface area contributed by atoms with Gasteiger partial charge in [-0.2, -0.15) is 0 Å². The van der Waals surface area contributed by atoms with E-state index >= 15 is 0 Å². The van der Waals surface area contributed by atoms with Gasteiger partial charge in [0.25, 0.3) is 0 Å². The van der Waals surface area contributed by atoms with Crippen molar-refractivity contribution in [2.24, 2.45) is 11.3 Å². The maximum atomic E-state index is 5.22. The molecule has 1 spiro atoms. The third-order valence-electron chi connectivity index (χ3n) is 3.15. The molecule has 11 heavy (non-hydrogen) atoms. The van der Waals surface area contributed by atoms with Crippen molar-refractivity contribution in [3.05, 3.63) is 0 Å². The van der Waals surface area contributed by atoms with Gasteiger partial charge in [-0.3, -0.25) is 0 Å². The lowest BCUT2D eigenvalue weighted by molar-refractivity contribution is -0.189. The van der Waals surface area contributed by atoms with Gasteiger partial charge in [0.2, 0.25) is 0 Å². The molecule has 62 valence electrons. The Hall–Kier alpha value is -0.0800. The summed E-state index contributed by atoms with van der Waals surface area (Å²) < 4.78 is 5.22. The third-order valence-corrected chi connectivity index (χ3v) is 3.15. The molecule has 3 rings (SSSR count). The summed E-state index contributed by atoms with van der Waals surface area (Å²) in [6.45, 7) is 6.09. The van der Waals surface area contributed by atoms with E-state index in [9.17, 15) is 0 Å². The summed E-state index contributed by atoms with van der Waals surface area (Å²) in [6.07, 6.45) is 2.97. The van der Waals surface area contributed by atoms with Crippen molar-refractivity contribution in [2.45, 2.75) is 12.8 Å². The van der Waals surface area contributed by atoms with E-state index < -0.39 is 0 Å². The molecule has 0 aromatic carbocycles. The zero-order valence-electron chi connectivity index (χ0n) is 6.88. The number of ether oxygens (including phenoxy) is 1. The van der Waals surface area contributed by atoms with Crippen LogP contribution in [0.3, 0.4) is 0 Å². The summed E-state index contributed by atoms with van der Waals surface area (Å²) in [7, 11) is 0. The molecular formula is C9H15NO. The molecule has 2 heteroatoms. The second-order valence-electron chi connectivity index (χ2n) is 4.61. The second kappa shape index (κ2) is 1.99. The predicted molar refractivity (Wildman–Crippen MR) is 42.4 cm³/mol. The summed E-state index contributed by atoms with van der Waals surface area (Å²) in [5.74, 6) is 1.06. The summed E-state index contributed by atoms with van der Waals surface area (Å²) in [6, 6.07) is 0. The van der Waals surface area contributed by atoms with Crippen LogP contribution in [0.15, 0.2) is 0 Å². The lowest BCUT2D eigenvalue weighted by Gasteiger charge is -2.55. The zero-order valence-corrected chi connectivity index (χ0v) is 6.88. The molecule has 2 saturated heterocycles. The minimum atomic E-state index is 0.634. The minimum Gasteiger partial charge on any atom is -0.380 e. The van der Waals surface area contributed by atoms with Crippen LogP contribution in [0.1, 0.15) is 12.8 Å². The Labute approximate surface area is 67.5 Å². The predicted octanol–water partition coefficient (Wildman–Crippen LogP) is 0.729. The van der Waals surface area contributed by atoms with Crippen molar-refractivity contribution in [2.75, 3.05) is 32.8 Å². The molecule has 2 aliphatic heterocycles. The molecular weight excluding hydrogens is 138 g/mol. The van der Waals surface area contributed by atoms with Crippen LogP contribution in [-0.4, -0.2) is 37.7 Å². The van der Waals surface area contributed by atoms with Gasteiger partial charge in [0.15, 0.2) is 0 Å². The summed E-state index contributed by atoms with van der Waals surface area (Å²) in [5.41, 5.74) is 0.634. The van der Waals surface area contributed by atoms with Crippen LogP contribution in [0.25, 0.3) is 0 Å².